The average Bonchev–Trinajstić information content (AvgIpc) is 3.01. The summed E-state index contributed by atoms with van der Waals surface area (Å²) in [5.41, 5.74) is 8.56. The first-order chi connectivity index (χ1) is 22.1. The number of carboxylic acids is 2. The van der Waals surface area contributed by atoms with Crippen molar-refractivity contribution in [1.82, 2.24) is 0 Å². The number of carbonyl (C=O) groups is 4. The molecule has 2 unspecified atom stereocenters. The van der Waals surface area contributed by atoms with E-state index in [0.29, 0.717) is 51.6 Å². The molecule has 1 aromatic rings. The van der Waals surface area contributed by atoms with Gasteiger partial charge in [-0.3, -0.25) is 19.2 Å². The number of nitrogen functional groups attached to an aromatic ring is 1. The van der Waals surface area contributed by atoms with Crippen LogP contribution in [0.15, 0.2) is 42.5 Å². The minimum absolute atomic E-state index is 0.0213. The molecule has 46 heavy (non-hydrogen) atoms. The number of carbonyl (C=O) groups excluding carboxylic acids is 2. The van der Waals surface area contributed by atoms with Crippen molar-refractivity contribution in [3.05, 3.63) is 48.1 Å². The number of anilines is 2. The van der Waals surface area contributed by atoms with Gasteiger partial charge in [0, 0.05) is 24.5 Å². The van der Waals surface area contributed by atoms with Gasteiger partial charge in [-0.1, -0.05) is 24.3 Å². The number of hydrogen-bond acceptors (Lipinski definition) is 11. The maximum atomic E-state index is 12.3. The van der Waals surface area contributed by atoms with Crippen LogP contribution in [0.1, 0.15) is 45.1 Å². The first-order valence-corrected chi connectivity index (χ1v) is 15.4. The molecule has 0 fully saturated rings. The highest BCUT2D eigenvalue weighted by Crippen LogP contribution is 2.20. The van der Waals surface area contributed by atoms with E-state index in [-0.39, 0.29) is 45.7 Å². The molecule has 4 N–H and O–H groups in total. The van der Waals surface area contributed by atoms with Gasteiger partial charge in [-0.2, -0.15) is 0 Å². The van der Waals surface area contributed by atoms with E-state index in [9.17, 15) is 24.3 Å². The van der Waals surface area contributed by atoms with Crippen molar-refractivity contribution in [2.45, 2.75) is 46.5 Å². The fraction of sp³-hybridized carbons (Fsp3) is 0.576. The van der Waals surface area contributed by atoms with Gasteiger partial charge in [0.15, 0.2) is 0 Å². The Morgan fingerprint density at radius 3 is 1.87 bits per heavy atom. The molecule has 0 spiro atoms. The molecule has 1 aromatic carbocycles. The molecule has 0 heterocycles. The first-order valence-electron chi connectivity index (χ1n) is 15.4. The Bertz CT molecular complexity index is 1120. The highest BCUT2D eigenvalue weighted by atomic mass is 16.6. The summed E-state index contributed by atoms with van der Waals surface area (Å²) in [6.07, 6.45) is 7.02. The molecular formula is C33H50N2O11. The highest BCUT2D eigenvalue weighted by Gasteiger charge is 2.22. The average molecular weight is 651 g/mol. The smallest absolute Gasteiger partial charge is 0.309 e. The minimum Gasteiger partial charge on any atom is -0.481 e. The summed E-state index contributed by atoms with van der Waals surface area (Å²) in [5.74, 6) is -4.79. The second-order valence-corrected chi connectivity index (χ2v) is 10.4. The van der Waals surface area contributed by atoms with Gasteiger partial charge in [0.2, 0.25) is 0 Å². The Balaban J connectivity index is 2.38. The van der Waals surface area contributed by atoms with Crippen molar-refractivity contribution in [3.63, 3.8) is 0 Å². The Morgan fingerprint density at radius 1 is 0.783 bits per heavy atom. The van der Waals surface area contributed by atoms with Gasteiger partial charge in [-0.25, -0.2) is 0 Å². The summed E-state index contributed by atoms with van der Waals surface area (Å²) in [6.45, 7) is 8.35. The first kappa shape index (κ1) is 40.1. The standard InChI is InChI=1S/C33H50N2O11/c1-4-6-8-26(32(39)40)24-31(38)45-20-18-44-17-16-42-14-12-35(28-10-11-29(34)25(3)22-28)13-15-43-19-21-46-33(41)27(9-7-5-2)23-30(36)37/h4-7,10-11,22,26-27H,8-9,12-21,23-24,34H2,1-3H3,(H,36,37)(H,39,40)/b6-4+,7-5+. The Labute approximate surface area is 271 Å². The van der Waals surface area contributed by atoms with Crippen molar-refractivity contribution < 1.29 is 53.1 Å². The van der Waals surface area contributed by atoms with E-state index in [1.165, 1.54) is 0 Å². The van der Waals surface area contributed by atoms with Crippen LogP contribution in [0.2, 0.25) is 0 Å². The van der Waals surface area contributed by atoms with Crippen LogP contribution in [0.25, 0.3) is 0 Å². The summed E-state index contributed by atoms with van der Waals surface area (Å²) in [7, 11) is 0. The molecule has 258 valence electrons. The van der Waals surface area contributed by atoms with E-state index in [1.54, 1.807) is 38.2 Å². The molecule has 13 heteroatoms. The minimum atomic E-state index is -1.06. The number of carboxylic acid groups (broad SMARTS) is 2. The maximum absolute atomic E-state index is 12.3. The maximum Gasteiger partial charge on any atom is 0.309 e. The van der Waals surface area contributed by atoms with Crippen LogP contribution in [0, 0.1) is 18.8 Å². The van der Waals surface area contributed by atoms with Crippen molar-refractivity contribution in [1.29, 1.82) is 0 Å². The Kier molecular flexibility index (Phi) is 21.2. The molecule has 0 aliphatic heterocycles. The molecule has 0 aliphatic rings. The van der Waals surface area contributed by atoms with E-state index < -0.39 is 35.7 Å². The molecule has 0 bridgehead atoms. The van der Waals surface area contributed by atoms with E-state index in [0.717, 1.165) is 11.3 Å². The second kappa shape index (κ2) is 24.3. The molecule has 2 atom stereocenters. The van der Waals surface area contributed by atoms with Crippen molar-refractivity contribution in [2.24, 2.45) is 11.8 Å². The number of nitrogens with two attached hydrogens (primary N) is 1. The van der Waals surface area contributed by atoms with Crippen LogP contribution < -0.4 is 10.6 Å². The van der Waals surface area contributed by atoms with Crippen molar-refractivity contribution in [3.8, 4) is 0 Å². The van der Waals surface area contributed by atoms with Crippen molar-refractivity contribution in [2.75, 3.05) is 76.6 Å². The largest absolute Gasteiger partial charge is 0.481 e. The number of hydrogen-bond donors (Lipinski definition) is 3. The summed E-state index contributed by atoms with van der Waals surface area (Å²) >= 11 is 0. The number of esters is 2. The zero-order valence-electron chi connectivity index (χ0n) is 27.2. The fourth-order valence-corrected chi connectivity index (χ4v) is 4.14. The van der Waals surface area contributed by atoms with Gasteiger partial charge in [0.05, 0.1) is 64.3 Å². The zero-order valence-corrected chi connectivity index (χ0v) is 27.2. The zero-order chi connectivity index (χ0) is 34.2. The predicted octanol–water partition coefficient (Wildman–Crippen LogP) is 3.63. The summed E-state index contributed by atoms with van der Waals surface area (Å²) in [5, 5.41) is 18.2. The lowest BCUT2D eigenvalue weighted by Gasteiger charge is -2.25. The van der Waals surface area contributed by atoms with Gasteiger partial charge < -0.3 is 44.5 Å². The SMILES string of the molecule is C/C=C/CC(CC(=O)OCCOCCOCCN(CCOCCOC(=O)C(C/C=C/C)CC(=O)O)c1ccc(N)c(C)c1)C(=O)O. The van der Waals surface area contributed by atoms with Crippen molar-refractivity contribution >= 4 is 35.3 Å². The number of nitrogens with zero attached hydrogens (tertiary/aromatic N) is 1. The quantitative estimate of drug-likeness (QED) is 0.0572. The summed E-state index contributed by atoms with van der Waals surface area (Å²) in [4.78, 5) is 48.6. The fourth-order valence-electron chi connectivity index (χ4n) is 4.14. The van der Waals surface area contributed by atoms with Gasteiger partial charge >= 0.3 is 23.9 Å². The second-order valence-electron chi connectivity index (χ2n) is 10.4. The van der Waals surface area contributed by atoms with E-state index in [2.05, 4.69) is 4.90 Å². The number of benzene rings is 1. The Morgan fingerprint density at radius 2 is 1.33 bits per heavy atom. The Hall–Kier alpha value is -3.94. The third kappa shape index (κ3) is 18.1. The number of aryl methyl sites for hydroxylation is 1. The molecule has 0 saturated carbocycles. The third-order valence-electron chi connectivity index (χ3n) is 6.79. The number of aliphatic carboxylic acids is 2. The summed E-state index contributed by atoms with van der Waals surface area (Å²) < 4.78 is 27.1. The van der Waals surface area contributed by atoms with Crippen LogP contribution in [-0.2, 0) is 42.9 Å². The molecule has 1 rings (SSSR count). The number of ether oxygens (including phenoxy) is 5. The van der Waals surface area contributed by atoms with Gasteiger partial charge in [0.1, 0.15) is 13.2 Å². The predicted molar refractivity (Wildman–Crippen MR) is 173 cm³/mol. The molecule has 0 aliphatic carbocycles. The lowest BCUT2D eigenvalue weighted by Crippen LogP contribution is -2.32. The number of allylic oxidation sites excluding steroid dienone is 4. The summed E-state index contributed by atoms with van der Waals surface area (Å²) in [6, 6.07) is 5.74. The van der Waals surface area contributed by atoms with E-state index >= 15 is 0 Å². The van der Waals surface area contributed by atoms with Gasteiger partial charge in [-0.15, -0.1) is 0 Å². The van der Waals surface area contributed by atoms with Crippen LogP contribution in [0.3, 0.4) is 0 Å². The number of rotatable bonds is 26. The lowest BCUT2D eigenvalue weighted by atomic mass is 10.0. The third-order valence-corrected chi connectivity index (χ3v) is 6.79. The lowest BCUT2D eigenvalue weighted by molar-refractivity contribution is -0.154. The molecule has 0 saturated heterocycles. The highest BCUT2D eigenvalue weighted by molar-refractivity contribution is 5.79. The van der Waals surface area contributed by atoms with Gasteiger partial charge in [-0.05, 0) is 57.4 Å². The van der Waals surface area contributed by atoms with Crippen LogP contribution in [0.5, 0.6) is 0 Å². The topological polar surface area (TPSA) is 184 Å². The van der Waals surface area contributed by atoms with E-state index in [4.69, 9.17) is 34.5 Å². The molecular weight excluding hydrogens is 600 g/mol. The monoisotopic (exact) mass is 650 g/mol. The van der Waals surface area contributed by atoms with E-state index in [1.807, 2.05) is 25.1 Å². The molecule has 0 amide bonds. The molecule has 13 nitrogen and oxygen atoms in total. The molecule has 0 aromatic heterocycles. The normalized spacial score (nSPS) is 12.7. The molecule has 0 radical (unpaired) electrons. The van der Waals surface area contributed by atoms with Crippen LogP contribution >= 0.6 is 0 Å². The van der Waals surface area contributed by atoms with Crippen LogP contribution in [-0.4, -0.2) is 100 Å². The van der Waals surface area contributed by atoms with Crippen LogP contribution in [0.4, 0.5) is 11.4 Å². The van der Waals surface area contributed by atoms with Gasteiger partial charge in [0.25, 0.3) is 0 Å².